The Kier molecular flexibility index (Phi) is 4.27. The Hall–Kier alpha value is -1.75. The third-order valence-electron chi connectivity index (χ3n) is 3.21. The molecule has 1 fully saturated rings. The van der Waals surface area contributed by atoms with Gasteiger partial charge in [0.15, 0.2) is 0 Å². The summed E-state index contributed by atoms with van der Waals surface area (Å²) in [6.07, 6.45) is 0.639. The Morgan fingerprint density at radius 3 is 2.89 bits per heavy atom. The first-order valence-electron chi connectivity index (χ1n) is 6.35. The molecule has 1 saturated heterocycles. The van der Waals surface area contributed by atoms with Crippen molar-refractivity contribution >= 4 is 11.7 Å². The number of hydrogen-bond acceptors (Lipinski definition) is 5. The highest BCUT2D eigenvalue weighted by Gasteiger charge is 2.31. The van der Waals surface area contributed by atoms with E-state index in [9.17, 15) is 4.79 Å². The van der Waals surface area contributed by atoms with Gasteiger partial charge >= 0.3 is 5.97 Å². The van der Waals surface area contributed by atoms with Crippen molar-refractivity contribution < 1.29 is 14.3 Å². The number of rotatable bonds is 4. The van der Waals surface area contributed by atoms with Crippen molar-refractivity contribution in [3.05, 3.63) is 24.3 Å². The van der Waals surface area contributed by atoms with Crippen LogP contribution in [-0.2, 0) is 9.53 Å². The molecule has 1 N–H and O–H groups in total. The summed E-state index contributed by atoms with van der Waals surface area (Å²) in [6, 6.07) is 7.65. The molecule has 1 aliphatic rings. The third kappa shape index (κ3) is 3.38. The smallest absolute Gasteiger partial charge is 0.323 e. The van der Waals surface area contributed by atoms with E-state index in [-0.39, 0.29) is 18.1 Å². The third-order valence-corrected chi connectivity index (χ3v) is 3.21. The fourth-order valence-corrected chi connectivity index (χ4v) is 2.14. The second-order valence-electron chi connectivity index (χ2n) is 4.85. The fraction of sp³-hybridized carbons (Fsp3) is 0.500. The van der Waals surface area contributed by atoms with E-state index in [1.54, 1.807) is 0 Å². The number of hydrogen-bond donors (Lipinski definition) is 1. The molecule has 2 rings (SSSR count). The topological polar surface area (TPSA) is 50.8 Å². The van der Waals surface area contributed by atoms with E-state index in [0.717, 1.165) is 11.4 Å². The van der Waals surface area contributed by atoms with Gasteiger partial charge in [-0.2, -0.15) is 0 Å². The summed E-state index contributed by atoms with van der Waals surface area (Å²) >= 11 is 0. The molecule has 0 saturated carbocycles. The first kappa shape index (κ1) is 13.7. The molecule has 0 spiro atoms. The molecule has 0 aromatic heterocycles. The minimum Gasteiger partial charge on any atom is -0.489 e. The van der Waals surface area contributed by atoms with Gasteiger partial charge in [-0.15, -0.1) is 0 Å². The lowest BCUT2D eigenvalue weighted by Gasteiger charge is -2.16. The van der Waals surface area contributed by atoms with Gasteiger partial charge in [-0.05, 0) is 12.1 Å². The summed E-state index contributed by atoms with van der Waals surface area (Å²) in [5.74, 6) is 0.594. The largest absolute Gasteiger partial charge is 0.489 e. The lowest BCUT2D eigenvalue weighted by Crippen LogP contribution is -2.31. The minimum atomic E-state index is -0.257. The molecule has 0 bridgehead atoms. The molecule has 0 radical (unpaired) electrons. The maximum atomic E-state index is 11.4. The molecule has 0 amide bonds. The first-order chi connectivity index (χ1) is 9.10. The minimum absolute atomic E-state index is 0.00140. The zero-order valence-electron chi connectivity index (χ0n) is 11.6. The Morgan fingerprint density at radius 2 is 2.21 bits per heavy atom. The molecule has 2 atom stereocenters. The van der Waals surface area contributed by atoms with Crippen molar-refractivity contribution in [3.63, 3.8) is 0 Å². The molecule has 19 heavy (non-hydrogen) atoms. The van der Waals surface area contributed by atoms with Crippen LogP contribution in [0.1, 0.15) is 6.42 Å². The van der Waals surface area contributed by atoms with Gasteiger partial charge in [-0.1, -0.05) is 6.07 Å². The van der Waals surface area contributed by atoms with Gasteiger partial charge in [-0.25, -0.2) is 0 Å². The van der Waals surface area contributed by atoms with Gasteiger partial charge in [0.25, 0.3) is 0 Å². The van der Waals surface area contributed by atoms with Crippen LogP contribution in [0.15, 0.2) is 24.3 Å². The molecule has 1 aliphatic heterocycles. The summed E-state index contributed by atoms with van der Waals surface area (Å²) in [5, 5.41) is 3.11. The molecule has 0 aliphatic carbocycles. The molecule has 5 nitrogen and oxygen atoms in total. The summed E-state index contributed by atoms with van der Waals surface area (Å²) in [7, 11) is 5.38. The molecule has 1 aromatic rings. The summed E-state index contributed by atoms with van der Waals surface area (Å²) in [5.41, 5.74) is 1.09. The molecule has 104 valence electrons. The number of esters is 1. The van der Waals surface area contributed by atoms with Crippen LogP contribution in [0.3, 0.4) is 0 Å². The maximum absolute atomic E-state index is 11.4. The van der Waals surface area contributed by atoms with Crippen LogP contribution < -0.4 is 15.0 Å². The first-order valence-corrected chi connectivity index (χ1v) is 6.35. The quantitative estimate of drug-likeness (QED) is 0.823. The van der Waals surface area contributed by atoms with Gasteiger partial charge in [0, 0.05) is 38.8 Å². The number of benzene rings is 1. The van der Waals surface area contributed by atoms with Crippen LogP contribution in [0.5, 0.6) is 5.75 Å². The van der Waals surface area contributed by atoms with Gasteiger partial charge in [0.2, 0.25) is 0 Å². The second kappa shape index (κ2) is 5.93. The molecule has 1 heterocycles. The van der Waals surface area contributed by atoms with Crippen molar-refractivity contribution in [3.8, 4) is 5.75 Å². The predicted octanol–water partition coefficient (Wildman–Crippen LogP) is 1.03. The second-order valence-corrected chi connectivity index (χ2v) is 4.85. The standard InChI is InChI=1S/C14H20N2O3/c1-16(2)10-5-4-6-11(7-10)19-12-8-13(15-9-12)14(17)18-3/h4-7,12-13,15H,8-9H2,1-3H3/t12-,13+/m1/s1. The fourth-order valence-electron chi connectivity index (χ4n) is 2.14. The number of nitrogens with zero attached hydrogens (tertiary/aromatic N) is 1. The molecular weight excluding hydrogens is 244 g/mol. The van der Waals surface area contributed by atoms with Crippen LogP contribution in [0.2, 0.25) is 0 Å². The van der Waals surface area contributed by atoms with Crippen LogP contribution in [0.4, 0.5) is 5.69 Å². The number of nitrogens with one attached hydrogen (secondary N) is 1. The molecular formula is C14H20N2O3. The van der Waals surface area contributed by atoms with E-state index >= 15 is 0 Å². The highest BCUT2D eigenvalue weighted by Crippen LogP contribution is 2.22. The Balaban J connectivity index is 1.95. The Labute approximate surface area is 113 Å². The monoisotopic (exact) mass is 264 g/mol. The number of methoxy groups -OCH3 is 1. The lowest BCUT2D eigenvalue weighted by atomic mass is 10.2. The van der Waals surface area contributed by atoms with E-state index < -0.39 is 0 Å². The van der Waals surface area contributed by atoms with Gasteiger partial charge in [-0.3, -0.25) is 4.79 Å². The molecule has 0 unspecified atom stereocenters. The summed E-state index contributed by atoms with van der Waals surface area (Å²) in [4.78, 5) is 13.4. The van der Waals surface area contributed by atoms with E-state index in [1.807, 2.05) is 43.3 Å². The van der Waals surface area contributed by atoms with Gasteiger partial charge in [0.1, 0.15) is 17.9 Å². The van der Waals surface area contributed by atoms with Crippen LogP contribution >= 0.6 is 0 Å². The lowest BCUT2D eigenvalue weighted by molar-refractivity contribution is -0.142. The Bertz CT molecular complexity index is 448. The van der Waals surface area contributed by atoms with Crippen LogP contribution in [-0.4, -0.2) is 45.9 Å². The predicted molar refractivity (Wildman–Crippen MR) is 73.6 cm³/mol. The van der Waals surface area contributed by atoms with Crippen LogP contribution in [0, 0.1) is 0 Å². The maximum Gasteiger partial charge on any atom is 0.323 e. The van der Waals surface area contributed by atoms with Crippen molar-refractivity contribution in [1.82, 2.24) is 5.32 Å². The van der Waals surface area contributed by atoms with E-state index in [4.69, 9.17) is 9.47 Å². The average molecular weight is 264 g/mol. The van der Waals surface area contributed by atoms with Crippen molar-refractivity contribution in [2.45, 2.75) is 18.6 Å². The number of carbonyl (C=O) groups is 1. The van der Waals surface area contributed by atoms with E-state index in [2.05, 4.69) is 5.32 Å². The number of ether oxygens (including phenoxy) is 2. The summed E-state index contributed by atoms with van der Waals surface area (Å²) in [6.45, 7) is 0.659. The zero-order chi connectivity index (χ0) is 13.8. The highest BCUT2D eigenvalue weighted by molar-refractivity contribution is 5.76. The van der Waals surface area contributed by atoms with E-state index in [0.29, 0.717) is 13.0 Å². The van der Waals surface area contributed by atoms with Crippen LogP contribution in [0.25, 0.3) is 0 Å². The van der Waals surface area contributed by atoms with E-state index in [1.165, 1.54) is 7.11 Å². The summed E-state index contributed by atoms with van der Waals surface area (Å²) < 4.78 is 10.6. The van der Waals surface area contributed by atoms with Crippen molar-refractivity contribution in [1.29, 1.82) is 0 Å². The zero-order valence-corrected chi connectivity index (χ0v) is 11.6. The van der Waals surface area contributed by atoms with Crippen molar-refractivity contribution in [2.75, 3.05) is 32.6 Å². The molecule has 1 aromatic carbocycles. The van der Waals surface area contributed by atoms with Gasteiger partial charge in [0.05, 0.1) is 7.11 Å². The Morgan fingerprint density at radius 1 is 1.42 bits per heavy atom. The van der Waals surface area contributed by atoms with Gasteiger partial charge < -0.3 is 19.7 Å². The number of anilines is 1. The molecule has 5 heteroatoms. The number of carbonyl (C=O) groups excluding carboxylic acids is 1. The normalized spacial score (nSPS) is 22.1. The highest BCUT2D eigenvalue weighted by atomic mass is 16.5. The average Bonchev–Trinajstić information content (AvgIpc) is 2.86. The SMILES string of the molecule is COC(=O)[C@@H]1C[C@@H](Oc2cccc(N(C)C)c2)CN1. The van der Waals surface area contributed by atoms with Crippen molar-refractivity contribution in [2.24, 2.45) is 0 Å².